The van der Waals surface area contributed by atoms with Gasteiger partial charge in [-0.15, -0.1) is 0 Å². The summed E-state index contributed by atoms with van der Waals surface area (Å²) < 4.78 is 1.88. The summed E-state index contributed by atoms with van der Waals surface area (Å²) in [6, 6.07) is 0. The maximum atomic E-state index is 8.40. The van der Waals surface area contributed by atoms with Gasteiger partial charge in [0.15, 0.2) is 0 Å². The number of rotatable bonds is 2. The third-order valence-electron chi connectivity index (χ3n) is 0.961. The highest BCUT2D eigenvalue weighted by molar-refractivity contribution is 4.55. The van der Waals surface area contributed by atoms with Crippen LogP contribution in [0.1, 0.15) is 0 Å². The van der Waals surface area contributed by atoms with Gasteiger partial charge >= 0.3 is 0 Å². The fraction of sp³-hybridized carbons (Fsp3) is 0.400. The second-order valence-electron chi connectivity index (χ2n) is 1.57. The van der Waals surface area contributed by atoms with Gasteiger partial charge in [-0.1, -0.05) is 0 Å². The number of imidazole rings is 1. The largest absolute Gasteiger partial charge is 0.392 e. The quantitative estimate of drug-likeness (QED) is 0.489. The molecule has 44 valence electrons. The molecule has 0 atom stereocenters. The Labute approximate surface area is 47.6 Å². The molecule has 0 saturated carbocycles. The summed E-state index contributed by atoms with van der Waals surface area (Å²) in [6.07, 6.45) is 5.49. The predicted molar refractivity (Wildman–Crippen MR) is 28.1 cm³/mol. The summed E-state index contributed by atoms with van der Waals surface area (Å²) in [4.78, 5) is 2.87. The molecule has 1 heterocycles. The third kappa shape index (κ3) is 1.07. The molecule has 0 amide bonds. The Morgan fingerprint density at radius 1 is 1.62 bits per heavy atom. The van der Waals surface area contributed by atoms with Crippen LogP contribution in [0.15, 0.2) is 18.7 Å². The molecule has 0 saturated heterocycles. The first-order valence-corrected chi connectivity index (χ1v) is 2.56. The molecule has 2 N–H and O–H groups in total. The second kappa shape index (κ2) is 2.47. The zero-order valence-corrected chi connectivity index (χ0v) is 4.54. The Bertz CT molecular complexity index is 136. The highest BCUT2D eigenvalue weighted by Gasteiger charge is 1.90. The van der Waals surface area contributed by atoms with Crippen molar-refractivity contribution in [1.82, 2.24) is 4.98 Å². The topological polar surface area (TPSA) is 39.9 Å². The first-order valence-electron chi connectivity index (χ1n) is 2.56. The predicted octanol–water partition coefficient (Wildman–Crippen LogP) is -0.706. The summed E-state index contributed by atoms with van der Waals surface area (Å²) >= 11 is 0. The smallest absolute Gasteiger partial charge is 0.241 e. The fourth-order valence-corrected chi connectivity index (χ4v) is 0.575. The number of aliphatic hydroxyl groups is 1. The van der Waals surface area contributed by atoms with E-state index >= 15 is 0 Å². The molecule has 0 aliphatic rings. The van der Waals surface area contributed by atoms with Crippen molar-refractivity contribution >= 4 is 0 Å². The van der Waals surface area contributed by atoms with E-state index in [1.807, 2.05) is 17.0 Å². The van der Waals surface area contributed by atoms with Gasteiger partial charge in [0, 0.05) is 0 Å². The van der Waals surface area contributed by atoms with Crippen LogP contribution in [0.2, 0.25) is 0 Å². The van der Waals surface area contributed by atoms with E-state index < -0.39 is 0 Å². The number of aliphatic hydroxyl groups excluding tert-OH is 1. The fourth-order valence-electron chi connectivity index (χ4n) is 0.575. The SMILES string of the molecule is OCC[n+]1cc[nH]c1. The van der Waals surface area contributed by atoms with Crippen LogP contribution in [0.5, 0.6) is 0 Å². The van der Waals surface area contributed by atoms with Crippen molar-refractivity contribution in [3.05, 3.63) is 18.7 Å². The van der Waals surface area contributed by atoms with Crippen molar-refractivity contribution in [2.24, 2.45) is 0 Å². The maximum absolute atomic E-state index is 8.40. The van der Waals surface area contributed by atoms with E-state index in [4.69, 9.17) is 5.11 Å². The Morgan fingerprint density at radius 3 is 3.00 bits per heavy atom. The van der Waals surface area contributed by atoms with Gasteiger partial charge in [-0.2, -0.15) is 0 Å². The van der Waals surface area contributed by atoms with Crippen LogP contribution in [-0.4, -0.2) is 16.7 Å². The number of H-pyrrole nitrogens is 1. The molecular formula is C5H9N2O+. The van der Waals surface area contributed by atoms with Gasteiger partial charge in [0.05, 0.1) is 6.61 Å². The van der Waals surface area contributed by atoms with E-state index in [0.29, 0.717) is 6.54 Å². The number of hydrogen-bond acceptors (Lipinski definition) is 1. The lowest BCUT2D eigenvalue weighted by Gasteiger charge is -1.85. The van der Waals surface area contributed by atoms with E-state index in [9.17, 15) is 0 Å². The minimum atomic E-state index is 0.197. The first kappa shape index (κ1) is 5.31. The van der Waals surface area contributed by atoms with Crippen LogP contribution in [0, 0.1) is 0 Å². The average molecular weight is 113 g/mol. The highest BCUT2D eigenvalue weighted by Crippen LogP contribution is 1.67. The normalized spacial score (nSPS) is 9.62. The van der Waals surface area contributed by atoms with Crippen LogP contribution in [0.25, 0.3) is 0 Å². The number of nitrogens with zero attached hydrogens (tertiary/aromatic N) is 1. The molecule has 8 heavy (non-hydrogen) atoms. The van der Waals surface area contributed by atoms with E-state index in [0.717, 1.165) is 0 Å². The van der Waals surface area contributed by atoms with Crippen LogP contribution in [0.3, 0.4) is 0 Å². The van der Waals surface area contributed by atoms with Crippen LogP contribution in [-0.2, 0) is 6.54 Å². The Morgan fingerprint density at radius 2 is 2.50 bits per heavy atom. The van der Waals surface area contributed by atoms with E-state index in [-0.39, 0.29) is 6.61 Å². The van der Waals surface area contributed by atoms with Gasteiger partial charge in [-0.25, -0.2) is 4.57 Å². The molecule has 0 aliphatic heterocycles. The van der Waals surface area contributed by atoms with Gasteiger partial charge in [-0.3, -0.25) is 4.98 Å². The molecule has 3 heteroatoms. The highest BCUT2D eigenvalue weighted by atomic mass is 16.3. The van der Waals surface area contributed by atoms with Gasteiger partial charge in [0.1, 0.15) is 18.9 Å². The summed E-state index contributed by atoms with van der Waals surface area (Å²) in [7, 11) is 0. The molecule has 1 aromatic rings. The van der Waals surface area contributed by atoms with Crippen molar-refractivity contribution in [3.8, 4) is 0 Å². The standard InChI is InChI=1S/C5H8N2O/c8-4-3-7-2-1-6-5-7/h1-2,5,8H,3-4H2/p+1. The maximum Gasteiger partial charge on any atom is 0.241 e. The average Bonchev–Trinajstić information content (AvgIpc) is 2.19. The van der Waals surface area contributed by atoms with Gasteiger partial charge in [0.2, 0.25) is 6.33 Å². The number of aromatic amines is 1. The molecule has 0 aliphatic carbocycles. The lowest BCUT2D eigenvalue weighted by atomic mass is 10.7. The molecule has 3 nitrogen and oxygen atoms in total. The summed E-state index contributed by atoms with van der Waals surface area (Å²) in [6.45, 7) is 0.867. The zero-order chi connectivity index (χ0) is 5.82. The van der Waals surface area contributed by atoms with E-state index in [2.05, 4.69) is 4.98 Å². The monoisotopic (exact) mass is 113 g/mol. The lowest BCUT2D eigenvalue weighted by molar-refractivity contribution is -0.696. The molecule has 0 radical (unpaired) electrons. The Hall–Kier alpha value is -0.830. The van der Waals surface area contributed by atoms with Crippen LogP contribution >= 0.6 is 0 Å². The molecule has 1 aromatic heterocycles. The van der Waals surface area contributed by atoms with Crippen molar-refractivity contribution in [3.63, 3.8) is 0 Å². The van der Waals surface area contributed by atoms with Crippen molar-refractivity contribution in [2.45, 2.75) is 6.54 Å². The summed E-state index contributed by atoms with van der Waals surface area (Å²) in [5.41, 5.74) is 0. The minimum absolute atomic E-state index is 0.197. The van der Waals surface area contributed by atoms with Crippen LogP contribution in [0.4, 0.5) is 0 Å². The number of aromatic nitrogens is 2. The minimum Gasteiger partial charge on any atom is -0.392 e. The molecule has 0 aromatic carbocycles. The lowest BCUT2D eigenvalue weighted by Crippen LogP contribution is -2.32. The van der Waals surface area contributed by atoms with Crippen molar-refractivity contribution in [1.29, 1.82) is 0 Å². The third-order valence-corrected chi connectivity index (χ3v) is 0.961. The Balaban J connectivity index is 2.50. The van der Waals surface area contributed by atoms with E-state index in [1.54, 1.807) is 6.33 Å². The van der Waals surface area contributed by atoms with Crippen LogP contribution < -0.4 is 4.57 Å². The van der Waals surface area contributed by atoms with Gasteiger partial charge in [-0.05, 0) is 0 Å². The molecule has 1 rings (SSSR count). The summed E-state index contributed by atoms with van der Waals surface area (Å²) in [5.74, 6) is 0. The first-order chi connectivity index (χ1) is 3.93. The molecular weight excluding hydrogens is 104 g/mol. The van der Waals surface area contributed by atoms with Crippen molar-refractivity contribution < 1.29 is 9.67 Å². The van der Waals surface area contributed by atoms with Crippen molar-refractivity contribution in [2.75, 3.05) is 6.61 Å². The number of hydrogen-bond donors (Lipinski definition) is 2. The van der Waals surface area contributed by atoms with Gasteiger partial charge < -0.3 is 5.11 Å². The van der Waals surface area contributed by atoms with E-state index in [1.165, 1.54) is 0 Å². The van der Waals surface area contributed by atoms with Gasteiger partial charge in [0.25, 0.3) is 0 Å². The summed E-state index contributed by atoms with van der Waals surface area (Å²) in [5, 5.41) is 8.40. The second-order valence-corrected chi connectivity index (χ2v) is 1.57. The molecule has 0 bridgehead atoms. The zero-order valence-electron chi connectivity index (χ0n) is 4.54. The molecule has 0 spiro atoms. The molecule has 0 unspecified atom stereocenters. The molecule has 0 fully saturated rings. The number of nitrogens with one attached hydrogen (secondary N) is 1. The Kier molecular flexibility index (Phi) is 1.64.